The lowest BCUT2D eigenvalue weighted by molar-refractivity contribution is -0.923. The zero-order valence-electron chi connectivity index (χ0n) is 12.1. The Morgan fingerprint density at radius 1 is 1.05 bits per heavy atom. The molecule has 2 unspecified atom stereocenters. The van der Waals surface area contributed by atoms with Crippen LogP contribution < -0.4 is 22.0 Å². The monoisotopic (exact) mass is 281 g/mol. The van der Waals surface area contributed by atoms with Crippen LogP contribution in [0.1, 0.15) is 36.8 Å². The molecule has 4 atom stereocenters. The largest absolute Gasteiger partial charge is 1.00 e. The van der Waals surface area contributed by atoms with Gasteiger partial charge >= 0.3 is 0 Å². The van der Waals surface area contributed by atoms with E-state index in [4.69, 9.17) is 4.74 Å². The van der Waals surface area contributed by atoms with Crippen molar-refractivity contribution < 1.29 is 22.0 Å². The topological polar surface area (TPSA) is 13.7 Å². The van der Waals surface area contributed by atoms with Gasteiger partial charge in [0, 0.05) is 25.7 Å². The van der Waals surface area contributed by atoms with Gasteiger partial charge in [0.05, 0.1) is 19.1 Å². The maximum Gasteiger partial charge on any atom is 0.125 e. The van der Waals surface area contributed by atoms with Crippen molar-refractivity contribution in [3.8, 4) is 5.75 Å². The fourth-order valence-electron chi connectivity index (χ4n) is 3.78. The number of hydrogen-bond acceptors (Lipinski definition) is 1. The Hall–Kier alpha value is -0.730. The lowest BCUT2D eigenvalue weighted by Crippen LogP contribution is -3.15. The molecule has 19 heavy (non-hydrogen) atoms. The summed E-state index contributed by atoms with van der Waals surface area (Å²) >= 11 is 0. The molecular formula is C16H24ClNO. The normalized spacial score (nSPS) is 32.8. The van der Waals surface area contributed by atoms with E-state index in [0.717, 1.165) is 17.8 Å². The van der Waals surface area contributed by atoms with E-state index in [1.165, 1.54) is 36.8 Å². The van der Waals surface area contributed by atoms with Crippen molar-refractivity contribution in [2.45, 2.75) is 57.7 Å². The Kier molecular flexibility index (Phi) is 4.42. The van der Waals surface area contributed by atoms with E-state index in [0.29, 0.717) is 6.10 Å². The highest BCUT2D eigenvalue weighted by Gasteiger charge is 2.43. The Balaban J connectivity index is 0.00000133. The molecule has 1 N–H and O–H groups in total. The summed E-state index contributed by atoms with van der Waals surface area (Å²) in [7, 11) is 2.36. The number of ether oxygens (including phenoxy) is 1. The second-order valence-corrected chi connectivity index (χ2v) is 6.15. The van der Waals surface area contributed by atoms with E-state index in [9.17, 15) is 0 Å². The Labute approximate surface area is 122 Å². The van der Waals surface area contributed by atoms with Crippen molar-refractivity contribution >= 4 is 0 Å². The minimum absolute atomic E-state index is 0. The van der Waals surface area contributed by atoms with Crippen molar-refractivity contribution in [2.24, 2.45) is 0 Å². The van der Waals surface area contributed by atoms with Crippen LogP contribution in [0, 0.1) is 13.8 Å². The maximum atomic E-state index is 6.33. The first-order valence-corrected chi connectivity index (χ1v) is 7.21. The van der Waals surface area contributed by atoms with Crippen LogP contribution in [-0.2, 0) is 0 Å². The highest BCUT2D eigenvalue weighted by atomic mass is 35.5. The average Bonchev–Trinajstić information content (AvgIpc) is 2.58. The molecule has 2 heterocycles. The molecule has 0 amide bonds. The summed E-state index contributed by atoms with van der Waals surface area (Å²) in [5.74, 6) is 1.13. The lowest BCUT2D eigenvalue weighted by atomic mass is 10.00. The Bertz CT molecular complexity index is 414. The Morgan fingerprint density at radius 3 is 2.11 bits per heavy atom. The first-order valence-electron chi connectivity index (χ1n) is 7.21. The molecule has 2 bridgehead atoms. The summed E-state index contributed by atoms with van der Waals surface area (Å²) in [4.78, 5) is 1.75. The first kappa shape index (κ1) is 14.7. The molecule has 2 aliphatic heterocycles. The van der Waals surface area contributed by atoms with Crippen LogP contribution >= 0.6 is 0 Å². The third-order valence-corrected chi connectivity index (χ3v) is 4.94. The van der Waals surface area contributed by atoms with Gasteiger partial charge < -0.3 is 22.0 Å². The highest BCUT2D eigenvalue weighted by Crippen LogP contribution is 2.29. The Morgan fingerprint density at radius 2 is 1.58 bits per heavy atom. The maximum absolute atomic E-state index is 6.33. The van der Waals surface area contributed by atoms with Gasteiger partial charge in [-0.05, 0) is 25.0 Å². The highest BCUT2D eigenvalue weighted by molar-refractivity contribution is 5.39. The first-order chi connectivity index (χ1) is 8.65. The van der Waals surface area contributed by atoms with Crippen molar-refractivity contribution in [1.29, 1.82) is 0 Å². The molecule has 3 rings (SSSR count). The van der Waals surface area contributed by atoms with Gasteiger partial charge in [0.25, 0.3) is 0 Å². The van der Waals surface area contributed by atoms with Crippen LogP contribution in [0.2, 0.25) is 0 Å². The number of para-hydroxylation sites is 1. The van der Waals surface area contributed by atoms with Crippen molar-refractivity contribution in [3.05, 3.63) is 29.3 Å². The van der Waals surface area contributed by atoms with Crippen molar-refractivity contribution in [3.63, 3.8) is 0 Å². The second kappa shape index (κ2) is 5.72. The van der Waals surface area contributed by atoms with Crippen LogP contribution in [0.4, 0.5) is 0 Å². The molecule has 2 nitrogen and oxygen atoms in total. The van der Waals surface area contributed by atoms with E-state index < -0.39 is 0 Å². The molecule has 0 aromatic heterocycles. The van der Waals surface area contributed by atoms with Gasteiger partial charge in [-0.2, -0.15) is 0 Å². The number of piperidine rings is 1. The van der Waals surface area contributed by atoms with E-state index in [1.54, 1.807) is 4.90 Å². The number of benzene rings is 1. The smallest absolute Gasteiger partial charge is 0.125 e. The van der Waals surface area contributed by atoms with E-state index in [2.05, 4.69) is 39.1 Å². The summed E-state index contributed by atoms with van der Waals surface area (Å²) in [6, 6.07) is 8.07. The molecule has 0 saturated carbocycles. The fourth-order valence-corrected chi connectivity index (χ4v) is 3.78. The number of aryl methyl sites for hydroxylation is 2. The molecule has 3 heteroatoms. The number of hydrogen-bond donors (Lipinski definition) is 1. The van der Waals surface area contributed by atoms with E-state index >= 15 is 0 Å². The van der Waals surface area contributed by atoms with Crippen LogP contribution in [0.25, 0.3) is 0 Å². The molecule has 106 valence electrons. The van der Waals surface area contributed by atoms with Crippen LogP contribution in [0.3, 0.4) is 0 Å². The summed E-state index contributed by atoms with van der Waals surface area (Å²) in [5, 5.41) is 0. The van der Waals surface area contributed by atoms with Crippen LogP contribution in [0.15, 0.2) is 18.2 Å². The number of rotatable bonds is 2. The van der Waals surface area contributed by atoms with Crippen molar-refractivity contribution in [1.82, 2.24) is 0 Å². The fraction of sp³-hybridized carbons (Fsp3) is 0.625. The molecule has 2 saturated heterocycles. The average molecular weight is 282 g/mol. The van der Waals surface area contributed by atoms with E-state index in [1.807, 2.05) is 0 Å². The standard InChI is InChI=1S/C16H23NO.ClH/c1-11-5-4-6-12(2)16(11)18-15-9-13-7-8-14(10-15)17(13)3;/h4-6,13-15H,7-10H2,1-3H3;1H/t13-,14+,15?;. The quantitative estimate of drug-likeness (QED) is 0.726. The van der Waals surface area contributed by atoms with Gasteiger partial charge in [-0.3, -0.25) is 0 Å². The SMILES string of the molecule is Cc1cccc(C)c1OC1C[C@H]2CC[C@@H](C1)[NH+]2C.[Cl-]. The van der Waals surface area contributed by atoms with Gasteiger partial charge in [0.15, 0.2) is 0 Å². The number of halogens is 1. The number of quaternary nitrogens is 1. The summed E-state index contributed by atoms with van der Waals surface area (Å²) in [6.07, 6.45) is 5.68. The number of fused-ring (bicyclic) bond motifs is 2. The molecule has 0 spiro atoms. The minimum atomic E-state index is 0. The van der Waals surface area contributed by atoms with Gasteiger partial charge in [0.1, 0.15) is 11.9 Å². The molecule has 0 radical (unpaired) electrons. The minimum Gasteiger partial charge on any atom is -1.00 e. The van der Waals surface area contributed by atoms with Gasteiger partial charge in [-0.25, -0.2) is 0 Å². The lowest BCUT2D eigenvalue weighted by Gasteiger charge is -2.34. The van der Waals surface area contributed by atoms with Crippen LogP contribution in [-0.4, -0.2) is 25.2 Å². The van der Waals surface area contributed by atoms with Crippen molar-refractivity contribution in [2.75, 3.05) is 7.05 Å². The summed E-state index contributed by atoms with van der Waals surface area (Å²) in [5.41, 5.74) is 2.54. The molecule has 1 aromatic rings. The number of nitrogens with one attached hydrogen (secondary N) is 1. The third-order valence-electron chi connectivity index (χ3n) is 4.94. The van der Waals surface area contributed by atoms with Gasteiger partial charge in [-0.1, -0.05) is 18.2 Å². The molecule has 2 aliphatic rings. The third kappa shape index (κ3) is 2.75. The molecule has 2 fully saturated rings. The van der Waals surface area contributed by atoms with Gasteiger partial charge in [-0.15, -0.1) is 0 Å². The van der Waals surface area contributed by atoms with Crippen LogP contribution in [0.5, 0.6) is 5.75 Å². The second-order valence-electron chi connectivity index (χ2n) is 6.15. The zero-order valence-corrected chi connectivity index (χ0v) is 12.8. The predicted octanol–water partition coefficient (Wildman–Crippen LogP) is -1.11. The molecule has 1 aromatic carbocycles. The van der Waals surface area contributed by atoms with E-state index in [-0.39, 0.29) is 12.4 Å². The summed E-state index contributed by atoms with van der Waals surface area (Å²) < 4.78 is 6.33. The molecular weight excluding hydrogens is 258 g/mol. The zero-order chi connectivity index (χ0) is 12.7. The predicted molar refractivity (Wildman–Crippen MR) is 73.3 cm³/mol. The summed E-state index contributed by atoms with van der Waals surface area (Å²) in [6.45, 7) is 4.30. The molecule has 0 aliphatic carbocycles. The van der Waals surface area contributed by atoms with Gasteiger partial charge in [0.2, 0.25) is 0 Å².